The quantitative estimate of drug-likeness (QED) is 0.374. The molecule has 0 aliphatic heterocycles. The Bertz CT molecular complexity index is 1390. The standard InChI is InChI=1S/C21H20Br2N2O5S2/c1-13-4-6-15(10-18(13)22)24-31(26,27)17-8-9-20(30-3)21(12-17)32(28,29)25-16-7-5-14(2)19(23)11-16/h4-12,24-25H,1-3H3. The first-order valence-corrected chi connectivity index (χ1v) is 13.7. The average molecular weight is 604 g/mol. The fourth-order valence-electron chi connectivity index (χ4n) is 2.77. The van der Waals surface area contributed by atoms with E-state index < -0.39 is 20.0 Å². The summed E-state index contributed by atoms with van der Waals surface area (Å²) < 4.78 is 63.6. The summed E-state index contributed by atoms with van der Waals surface area (Å²) in [5, 5.41) is 0. The molecule has 2 N–H and O–H groups in total. The number of rotatable bonds is 7. The normalized spacial score (nSPS) is 11.8. The molecule has 0 saturated heterocycles. The van der Waals surface area contributed by atoms with Gasteiger partial charge in [-0.15, -0.1) is 0 Å². The topological polar surface area (TPSA) is 102 Å². The van der Waals surface area contributed by atoms with Crippen LogP contribution in [0.1, 0.15) is 11.1 Å². The second-order valence-corrected chi connectivity index (χ2v) is 12.0. The molecular formula is C21H20Br2N2O5S2. The van der Waals surface area contributed by atoms with Crippen molar-refractivity contribution in [3.05, 3.63) is 74.7 Å². The van der Waals surface area contributed by atoms with Gasteiger partial charge in [-0.05, 0) is 67.4 Å². The van der Waals surface area contributed by atoms with Crippen LogP contribution >= 0.6 is 31.9 Å². The minimum Gasteiger partial charge on any atom is -0.495 e. The van der Waals surface area contributed by atoms with Gasteiger partial charge in [0.25, 0.3) is 20.0 Å². The van der Waals surface area contributed by atoms with Gasteiger partial charge in [-0.3, -0.25) is 9.44 Å². The molecule has 0 fully saturated rings. The highest BCUT2D eigenvalue weighted by Gasteiger charge is 2.24. The third-order valence-electron chi connectivity index (χ3n) is 4.58. The van der Waals surface area contributed by atoms with Gasteiger partial charge in [0.05, 0.1) is 12.0 Å². The molecule has 0 spiro atoms. The molecule has 0 aliphatic carbocycles. The molecule has 0 bridgehead atoms. The monoisotopic (exact) mass is 602 g/mol. The number of benzene rings is 3. The van der Waals surface area contributed by atoms with Crippen molar-refractivity contribution in [2.24, 2.45) is 0 Å². The van der Waals surface area contributed by atoms with E-state index >= 15 is 0 Å². The van der Waals surface area contributed by atoms with E-state index in [0.29, 0.717) is 11.4 Å². The fraction of sp³-hybridized carbons (Fsp3) is 0.143. The van der Waals surface area contributed by atoms with Crippen molar-refractivity contribution >= 4 is 63.3 Å². The van der Waals surface area contributed by atoms with Gasteiger partial charge in [0.1, 0.15) is 10.6 Å². The van der Waals surface area contributed by atoms with E-state index in [4.69, 9.17) is 4.74 Å². The Labute approximate surface area is 204 Å². The van der Waals surface area contributed by atoms with Gasteiger partial charge >= 0.3 is 0 Å². The van der Waals surface area contributed by atoms with Gasteiger partial charge in [-0.25, -0.2) is 16.8 Å². The summed E-state index contributed by atoms with van der Waals surface area (Å²) in [5.74, 6) is 0.0145. The van der Waals surface area contributed by atoms with Gasteiger partial charge in [0, 0.05) is 20.3 Å². The Kier molecular flexibility index (Phi) is 7.23. The van der Waals surface area contributed by atoms with E-state index in [1.807, 2.05) is 13.8 Å². The molecule has 0 unspecified atom stereocenters. The van der Waals surface area contributed by atoms with Crippen LogP contribution in [0.3, 0.4) is 0 Å². The molecule has 0 heterocycles. The van der Waals surface area contributed by atoms with Crippen LogP contribution in [0.5, 0.6) is 5.75 Å². The summed E-state index contributed by atoms with van der Waals surface area (Å²) in [6.45, 7) is 3.75. The fourth-order valence-corrected chi connectivity index (χ4v) is 5.92. The van der Waals surface area contributed by atoms with Gasteiger partial charge in [-0.1, -0.05) is 44.0 Å². The van der Waals surface area contributed by atoms with Gasteiger partial charge in [-0.2, -0.15) is 0 Å². The van der Waals surface area contributed by atoms with Gasteiger partial charge in [0.2, 0.25) is 0 Å². The number of ether oxygens (including phenoxy) is 1. The number of anilines is 2. The van der Waals surface area contributed by atoms with Crippen LogP contribution < -0.4 is 14.2 Å². The predicted molar refractivity (Wildman–Crippen MR) is 132 cm³/mol. The zero-order valence-corrected chi connectivity index (χ0v) is 22.1. The molecule has 0 amide bonds. The van der Waals surface area contributed by atoms with Crippen LogP contribution in [0.2, 0.25) is 0 Å². The summed E-state index contributed by atoms with van der Waals surface area (Å²) in [6, 6.07) is 13.7. The van der Waals surface area contributed by atoms with E-state index in [1.165, 1.54) is 19.2 Å². The maximum atomic E-state index is 13.1. The van der Waals surface area contributed by atoms with E-state index in [-0.39, 0.29) is 15.5 Å². The predicted octanol–water partition coefficient (Wildman–Crippen LogP) is 5.44. The lowest BCUT2D eigenvalue weighted by Gasteiger charge is -2.15. The SMILES string of the molecule is COc1ccc(S(=O)(=O)Nc2ccc(C)c(Br)c2)cc1S(=O)(=O)Nc1ccc(C)c(Br)c1. The van der Waals surface area contributed by atoms with Crippen molar-refractivity contribution in [1.29, 1.82) is 0 Å². The zero-order valence-electron chi connectivity index (χ0n) is 17.3. The summed E-state index contributed by atoms with van der Waals surface area (Å²) in [7, 11) is -6.90. The summed E-state index contributed by atoms with van der Waals surface area (Å²) in [6.07, 6.45) is 0. The van der Waals surface area contributed by atoms with Crippen LogP contribution in [0.15, 0.2) is 73.3 Å². The maximum absolute atomic E-state index is 13.1. The number of hydrogen-bond donors (Lipinski definition) is 2. The van der Waals surface area contributed by atoms with Crippen molar-refractivity contribution in [3.63, 3.8) is 0 Å². The van der Waals surface area contributed by atoms with Crippen molar-refractivity contribution in [2.75, 3.05) is 16.6 Å². The highest BCUT2D eigenvalue weighted by atomic mass is 79.9. The first kappa shape index (κ1) is 24.6. The number of halogens is 2. The van der Waals surface area contributed by atoms with Crippen LogP contribution in [0.4, 0.5) is 11.4 Å². The second-order valence-electron chi connectivity index (χ2n) is 6.95. The molecule has 0 radical (unpaired) electrons. The molecular weight excluding hydrogens is 584 g/mol. The molecule has 7 nitrogen and oxygen atoms in total. The van der Waals surface area contributed by atoms with Crippen molar-refractivity contribution < 1.29 is 21.6 Å². The third-order valence-corrected chi connectivity index (χ3v) is 9.07. The number of nitrogens with one attached hydrogen (secondary N) is 2. The molecule has 0 atom stereocenters. The van der Waals surface area contributed by atoms with Crippen LogP contribution in [0, 0.1) is 13.8 Å². The largest absolute Gasteiger partial charge is 0.495 e. The number of hydrogen-bond acceptors (Lipinski definition) is 5. The van der Waals surface area contributed by atoms with Crippen LogP contribution in [-0.4, -0.2) is 23.9 Å². The summed E-state index contributed by atoms with van der Waals surface area (Å²) in [5.41, 5.74) is 2.54. The third kappa shape index (κ3) is 5.45. The van der Waals surface area contributed by atoms with Gasteiger partial charge < -0.3 is 4.74 Å². The van der Waals surface area contributed by atoms with E-state index in [0.717, 1.165) is 26.1 Å². The number of sulfonamides is 2. The van der Waals surface area contributed by atoms with E-state index in [2.05, 4.69) is 41.3 Å². The lowest BCUT2D eigenvalue weighted by molar-refractivity contribution is 0.402. The lowest BCUT2D eigenvalue weighted by Crippen LogP contribution is -2.17. The minimum atomic E-state index is -4.15. The Morgan fingerprint density at radius 2 is 1.22 bits per heavy atom. The lowest BCUT2D eigenvalue weighted by atomic mass is 10.2. The number of methoxy groups -OCH3 is 1. The smallest absolute Gasteiger partial charge is 0.265 e. The molecule has 3 rings (SSSR count). The van der Waals surface area contributed by atoms with Crippen LogP contribution in [-0.2, 0) is 20.0 Å². The van der Waals surface area contributed by atoms with Crippen molar-refractivity contribution in [3.8, 4) is 5.75 Å². The van der Waals surface area contributed by atoms with Crippen molar-refractivity contribution in [2.45, 2.75) is 23.6 Å². The highest BCUT2D eigenvalue weighted by Crippen LogP contribution is 2.31. The Hall–Kier alpha value is -2.08. The first-order chi connectivity index (χ1) is 14.9. The molecule has 0 saturated carbocycles. The van der Waals surface area contributed by atoms with E-state index in [1.54, 1.807) is 36.4 Å². The zero-order chi connectivity index (χ0) is 23.7. The maximum Gasteiger partial charge on any atom is 0.265 e. The van der Waals surface area contributed by atoms with Gasteiger partial charge in [0.15, 0.2) is 0 Å². The molecule has 0 aromatic heterocycles. The Morgan fingerprint density at radius 1 is 0.719 bits per heavy atom. The summed E-state index contributed by atoms with van der Waals surface area (Å²) in [4.78, 5) is -0.523. The van der Waals surface area contributed by atoms with E-state index in [9.17, 15) is 16.8 Å². The average Bonchev–Trinajstić information content (AvgIpc) is 2.72. The number of aryl methyl sites for hydroxylation is 2. The molecule has 3 aromatic rings. The molecule has 170 valence electrons. The minimum absolute atomic E-state index is 0.0145. The Morgan fingerprint density at radius 3 is 1.69 bits per heavy atom. The van der Waals surface area contributed by atoms with Crippen LogP contribution in [0.25, 0.3) is 0 Å². The highest BCUT2D eigenvalue weighted by molar-refractivity contribution is 9.10. The summed E-state index contributed by atoms with van der Waals surface area (Å²) >= 11 is 6.73. The first-order valence-electron chi connectivity index (χ1n) is 9.19. The second kappa shape index (κ2) is 9.42. The Balaban J connectivity index is 2.00. The molecule has 0 aliphatic rings. The molecule has 32 heavy (non-hydrogen) atoms. The van der Waals surface area contributed by atoms with Crippen molar-refractivity contribution in [1.82, 2.24) is 0 Å². The molecule has 3 aromatic carbocycles. The molecule has 11 heteroatoms.